The van der Waals surface area contributed by atoms with E-state index in [-0.39, 0.29) is 24.8 Å². The average Bonchev–Trinajstić information content (AvgIpc) is 2.52. The van der Waals surface area contributed by atoms with Crippen molar-refractivity contribution in [1.82, 2.24) is 5.32 Å². The highest BCUT2D eigenvalue weighted by Crippen LogP contribution is 2.50. The molecule has 0 radical (unpaired) electrons. The van der Waals surface area contributed by atoms with E-state index >= 15 is 0 Å². The van der Waals surface area contributed by atoms with Gasteiger partial charge in [-0.15, -0.1) is 0 Å². The Balaban J connectivity index is 1.83. The standard InChI is InChI=1S/C19H27NO4/c1-4-24-16(21)9-10-20-18(23)14-7-5-13(6-8-14)17(22)15-11-19(2,3)12-15/h5-8,15,17,22H,4,9-12H2,1-3H3,(H,20,23). The molecule has 2 rings (SSSR count). The molecule has 1 atom stereocenters. The maximum absolute atomic E-state index is 12.0. The Bertz CT molecular complexity index is 572. The molecule has 2 N–H and O–H groups in total. The summed E-state index contributed by atoms with van der Waals surface area (Å²) < 4.78 is 4.81. The fraction of sp³-hybridized carbons (Fsp3) is 0.579. The Morgan fingerprint density at radius 2 is 1.92 bits per heavy atom. The topological polar surface area (TPSA) is 75.6 Å². The molecule has 1 unspecified atom stereocenters. The first-order chi connectivity index (χ1) is 11.3. The maximum atomic E-state index is 12.0. The smallest absolute Gasteiger partial charge is 0.307 e. The third-order valence-corrected chi connectivity index (χ3v) is 4.51. The summed E-state index contributed by atoms with van der Waals surface area (Å²) >= 11 is 0. The van der Waals surface area contributed by atoms with Gasteiger partial charge in [0.2, 0.25) is 0 Å². The van der Waals surface area contributed by atoms with E-state index in [1.54, 1.807) is 31.2 Å². The molecule has 1 aromatic carbocycles. The zero-order chi connectivity index (χ0) is 17.7. The number of amides is 1. The molecule has 0 saturated heterocycles. The molecular formula is C19H27NO4. The zero-order valence-corrected chi connectivity index (χ0v) is 14.7. The van der Waals surface area contributed by atoms with Crippen molar-refractivity contribution in [1.29, 1.82) is 0 Å². The average molecular weight is 333 g/mol. The van der Waals surface area contributed by atoms with Crippen LogP contribution < -0.4 is 5.32 Å². The van der Waals surface area contributed by atoms with Gasteiger partial charge >= 0.3 is 5.97 Å². The van der Waals surface area contributed by atoms with Crippen molar-refractivity contribution in [3.05, 3.63) is 35.4 Å². The van der Waals surface area contributed by atoms with E-state index in [0.29, 0.717) is 23.5 Å². The van der Waals surface area contributed by atoms with Crippen molar-refractivity contribution in [3.63, 3.8) is 0 Å². The molecule has 132 valence electrons. The summed E-state index contributed by atoms with van der Waals surface area (Å²) in [6.07, 6.45) is 1.72. The van der Waals surface area contributed by atoms with E-state index < -0.39 is 6.10 Å². The number of benzene rings is 1. The number of hydrogen-bond donors (Lipinski definition) is 2. The number of ether oxygens (including phenoxy) is 1. The van der Waals surface area contributed by atoms with Gasteiger partial charge in [0, 0.05) is 12.1 Å². The summed E-state index contributed by atoms with van der Waals surface area (Å²) in [4.78, 5) is 23.2. The first kappa shape index (κ1) is 18.5. The summed E-state index contributed by atoms with van der Waals surface area (Å²) in [6, 6.07) is 7.02. The van der Waals surface area contributed by atoms with Crippen molar-refractivity contribution in [3.8, 4) is 0 Å². The second-order valence-electron chi connectivity index (χ2n) is 7.21. The summed E-state index contributed by atoms with van der Waals surface area (Å²) in [5, 5.41) is 13.1. The van der Waals surface area contributed by atoms with Gasteiger partial charge in [0.15, 0.2) is 0 Å². The van der Waals surface area contributed by atoms with E-state index in [9.17, 15) is 14.7 Å². The second-order valence-corrected chi connectivity index (χ2v) is 7.21. The number of nitrogens with one attached hydrogen (secondary N) is 1. The second kappa shape index (κ2) is 7.79. The van der Waals surface area contributed by atoms with Crippen LogP contribution in [0, 0.1) is 11.3 Å². The van der Waals surface area contributed by atoms with Crippen molar-refractivity contribution in [2.45, 2.75) is 46.1 Å². The van der Waals surface area contributed by atoms with Crippen LogP contribution >= 0.6 is 0 Å². The highest BCUT2D eigenvalue weighted by molar-refractivity contribution is 5.94. The lowest BCUT2D eigenvalue weighted by atomic mass is 9.62. The molecule has 0 heterocycles. The third kappa shape index (κ3) is 4.81. The lowest BCUT2D eigenvalue weighted by molar-refractivity contribution is -0.142. The van der Waals surface area contributed by atoms with Gasteiger partial charge in [-0.05, 0) is 48.8 Å². The number of aliphatic hydroxyl groups is 1. The normalized spacial score (nSPS) is 17.7. The van der Waals surface area contributed by atoms with Crippen molar-refractivity contribution in [2.75, 3.05) is 13.2 Å². The summed E-state index contributed by atoms with van der Waals surface area (Å²) in [5.41, 5.74) is 1.69. The maximum Gasteiger partial charge on any atom is 0.307 e. The van der Waals surface area contributed by atoms with Crippen LogP contribution in [-0.4, -0.2) is 30.1 Å². The first-order valence-corrected chi connectivity index (χ1v) is 8.54. The van der Waals surface area contributed by atoms with Crippen LogP contribution in [0.5, 0.6) is 0 Å². The SMILES string of the molecule is CCOC(=O)CCNC(=O)c1ccc(C(O)C2CC(C)(C)C2)cc1. The van der Waals surface area contributed by atoms with Crippen LogP contribution in [0.4, 0.5) is 0 Å². The largest absolute Gasteiger partial charge is 0.466 e. The van der Waals surface area contributed by atoms with Gasteiger partial charge in [0.05, 0.1) is 19.1 Å². The van der Waals surface area contributed by atoms with Gasteiger partial charge in [-0.2, -0.15) is 0 Å². The zero-order valence-electron chi connectivity index (χ0n) is 14.7. The summed E-state index contributed by atoms with van der Waals surface area (Å²) in [6.45, 7) is 6.75. The number of aliphatic hydroxyl groups excluding tert-OH is 1. The molecule has 0 aromatic heterocycles. The van der Waals surface area contributed by atoms with Crippen LogP contribution in [0.2, 0.25) is 0 Å². The Labute approximate surface area is 143 Å². The minimum Gasteiger partial charge on any atom is -0.466 e. The number of esters is 1. The van der Waals surface area contributed by atoms with E-state index in [2.05, 4.69) is 19.2 Å². The fourth-order valence-corrected chi connectivity index (χ4v) is 3.30. The predicted molar refractivity (Wildman–Crippen MR) is 91.5 cm³/mol. The molecule has 1 amide bonds. The summed E-state index contributed by atoms with van der Waals surface area (Å²) in [7, 11) is 0. The minimum atomic E-state index is -0.473. The molecule has 1 fully saturated rings. The monoisotopic (exact) mass is 333 g/mol. The van der Waals surface area contributed by atoms with Gasteiger partial charge in [0.1, 0.15) is 0 Å². The van der Waals surface area contributed by atoms with Gasteiger partial charge in [-0.25, -0.2) is 0 Å². The molecule has 1 aliphatic rings. The van der Waals surface area contributed by atoms with E-state index in [4.69, 9.17) is 4.74 Å². The molecule has 5 heteroatoms. The molecule has 0 spiro atoms. The van der Waals surface area contributed by atoms with Crippen LogP contribution in [0.1, 0.15) is 62.1 Å². The molecule has 1 aliphatic carbocycles. The van der Waals surface area contributed by atoms with Crippen LogP contribution in [0.3, 0.4) is 0 Å². The third-order valence-electron chi connectivity index (χ3n) is 4.51. The number of carbonyl (C=O) groups excluding carboxylic acids is 2. The number of hydrogen-bond acceptors (Lipinski definition) is 4. The lowest BCUT2D eigenvalue weighted by Crippen LogP contribution is -2.35. The first-order valence-electron chi connectivity index (χ1n) is 8.54. The Hall–Kier alpha value is -1.88. The van der Waals surface area contributed by atoms with Gasteiger partial charge in [-0.1, -0.05) is 26.0 Å². The Kier molecular flexibility index (Phi) is 5.99. The predicted octanol–water partition coefficient (Wildman–Crippen LogP) is 2.84. The van der Waals surface area contributed by atoms with E-state index in [0.717, 1.165) is 18.4 Å². The molecule has 24 heavy (non-hydrogen) atoms. The number of carbonyl (C=O) groups is 2. The molecule has 0 aliphatic heterocycles. The van der Waals surface area contributed by atoms with Gasteiger partial charge in [-0.3, -0.25) is 9.59 Å². The van der Waals surface area contributed by atoms with Crippen molar-refractivity contribution >= 4 is 11.9 Å². The summed E-state index contributed by atoms with van der Waals surface area (Å²) in [5.74, 6) is -0.255. The van der Waals surface area contributed by atoms with Crippen molar-refractivity contribution < 1.29 is 19.4 Å². The lowest BCUT2D eigenvalue weighted by Gasteiger charge is -2.45. The van der Waals surface area contributed by atoms with Gasteiger partial charge in [0.25, 0.3) is 5.91 Å². The van der Waals surface area contributed by atoms with Crippen LogP contribution in [0.15, 0.2) is 24.3 Å². The Morgan fingerprint density at radius 3 is 2.46 bits per heavy atom. The van der Waals surface area contributed by atoms with Crippen LogP contribution in [0.25, 0.3) is 0 Å². The molecule has 1 saturated carbocycles. The quantitative estimate of drug-likeness (QED) is 0.752. The molecule has 5 nitrogen and oxygen atoms in total. The molecule has 1 aromatic rings. The van der Waals surface area contributed by atoms with E-state index in [1.807, 2.05) is 0 Å². The highest BCUT2D eigenvalue weighted by atomic mass is 16.5. The van der Waals surface area contributed by atoms with Gasteiger partial charge < -0.3 is 15.2 Å². The minimum absolute atomic E-state index is 0.161. The van der Waals surface area contributed by atoms with E-state index in [1.165, 1.54) is 0 Å². The fourth-order valence-electron chi connectivity index (χ4n) is 3.30. The highest BCUT2D eigenvalue weighted by Gasteiger charge is 2.40. The molecular weight excluding hydrogens is 306 g/mol. The molecule has 0 bridgehead atoms. The Morgan fingerprint density at radius 1 is 1.29 bits per heavy atom. The van der Waals surface area contributed by atoms with Crippen molar-refractivity contribution in [2.24, 2.45) is 11.3 Å². The van der Waals surface area contributed by atoms with Crippen LogP contribution in [-0.2, 0) is 9.53 Å². The number of rotatable bonds is 7.